The Bertz CT molecular complexity index is 1160. The van der Waals surface area contributed by atoms with Crippen LogP contribution in [0.15, 0.2) is 103 Å². The van der Waals surface area contributed by atoms with E-state index in [9.17, 15) is 4.79 Å². The van der Waals surface area contributed by atoms with Crippen molar-refractivity contribution >= 4 is 5.78 Å². The number of carbonyl (C=O) groups excluding carboxylic acids is 1. The maximum Gasteiger partial charge on any atom is 0.155 e. The van der Waals surface area contributed by atoms with Gasteiger partial charge < -0.3 is 10.1 Å². The van der Waals surface area contributed by atoms with Crippen LogP contribution < -0.4 is 0 Å². The molecule has 5 heteroatoms. The normalized spacial score (nSPS) is 10.4. The van der Waals surface area contributed by atoms with Gasteiger partial charge in [-0.2, -0.15) is 0 Å². The zero-order valence-corrected chi connectivity index (χ0v) is 20.2. The predicted molar refractivity (Wildman–Crippen MR) is 124 cm³/mol. The molecule has 1 aromatic heterocycles. The van der Waals surface area contributed by atoms with Crippen molar-refractivity contribution < 1.29 is 30.0 Å². The summed E-state index contributed by atoms with van der Waals surface area (Å²) in [5, 5.41) is 8.36. The molecule has 0 spiro atoms. The molecule has 0 aliphatic heterocycles. The van der Waals surface area contributed by atoms with Crippen LogP contribution in [0.5, 0.6) is 0 Å². The van der Waals surface area contributed by atoms with Crippen molar-refractivity contribution in [2.45, 2.75) is 13.8 Å². The SMILES string of the molecule is CC(=O)/C=C(/C)O.[Ir].[c-]1ccccc1-c1ncc(-c2ccccc2)nc1-c1ccccc1. The van der Waals surface area contributed by atoms with Crippen LogP contribution in [-0.4, -0.2) is 20.9 Å². The summed E-state index contributed by atoms with van der Waals surface area (Å²) in [4.78, 5) is 19.6. The first-order valence-corrected chi connectivity index (χ1v) is 9.87. The van der Waals surface area contributed by atoms with Crippen molar-refractivity contribution in [3.63, 3.8) is 0 Å². The summed E-state index contributed by atoms with van der Waals surface area (Å²) in [7, 11) is 0. The van der Waals surface area contributed by atoms with Crippen LogP contribution in [0.3, 0.4) is 0 Å². The molecule has 1 radical (unpaired) electrons. The number of aliphatic hydroxyl groups excluding tert-OH is 1. The molecule has 0 aliphatic carbocycles. The maximum absolute atomic E-state index is 10.0. The van der Waals surface area contributed by atoms with E-state index < -0.39 is 0 Å². The molecule has 1 heterocycles. The van der Waals surface area contributed by atoms with E-state index in [1.807, 2.05) is 79.0 Å². The van der Waals surface area contributed by atoms with Gasteiger partial charge in [0.25, 0.3) is 0 Å². The summed E-state index contributed by atoms with van der Waals surface area (Å²) in [5.74, 6) is -0.0625. The van der Waals surface area contributed by atoms with Crippen LogP contribution in [-0.2, 0) is 24.9 Å². The van der Waals surface area contributed by atoms with Gasteiger partial charge >= 0.3 is 0 Å². The Morgan fingerprint density at radius 1 is 0.844 bits per heavy atom. The average Bonchev–Trinajstić information content (AvgIpc) is 2.80. The van der Waals surface area contributed by atoms with Crippen LogP contribution in [0.4, 0.5) is 0 Å². The minimum absolute atomic E-state index is 0. The fraction of sp³-hybridized carbons (Fsp3) is 0.0741. The Kier molecular flexibility index (Phi) is 9.68. The van der Waals surface area contributed by atoms with Gasteiger partial charge in [0.2, 0.25) is 0 Å². The molecule has 163 valence electrons. The number of hydrogen-bond acceptors (Lipinski definition) is 4. The van der Waals surface area contributed by atoms with Crippen LogP contribution in [0.1, 0.15) is 13.8 Å². The molecule has 0 amide bonds. The molecule has 0 saturated heterocycles. The number of aliphatic hydroxyl groups is 1. The topological polar surface area (TPSA) is 63.1 Å². The van der Waals surface area contributed by atoms with Gasteiger partial charge in [0.1, 0.15) is 0 Å². The molecule has 0 fully saturated rings. The zero-order chi connectivity index (χ0) is 22.1. The molecule has 0 atom stereocenters. The number of ketones is 1. The Balaban J connectivity index is 0.000000398. The minimum atomic E-state index is -0.125. The van der Waals surface area contributed by atoms with Crippen molar-refractivity contribution in [2.75, 3.05) is 0 Å². The van der Waals surface area contributed by atoms with Crippen LogP contribution >= 0.6 is 0 Å². The van der Waals surface area contributed by atoms with Gasteiger partial charge in [-0.3, -0.25) is 9.78 Å². The molecule has 0 unspecified atom stereocenters. The molecule has 4 aromatic rings. The third-order valence-electron chi connectivity index (χ3n) is 4.27. The average molecular weight is 600 g/mol. The van der Waals surface area contributed by atoms with Gasteiger partial charge in [-0.05, 0) is 19.4 Å². The molecule has 0 bridgehead atoms. The zero-order valence-electron chi connectivity index (χ0n) is 17.8. The number of aromatic nitrogens is 2. The van der Waals surface area contributed by atoms with Crippen LogP contribution in [0.25, 0.3) is 33.8 Å². The Morgan fingerprint density at radius 3 is 1.94 bits per heavy atom. The summed E-state index contributed by atoms with van der Waals surface area (Å²) < 4.78 is 0. The predicted octanol–water partition coefficient (Wildman–Crippen LogP) is 6.31. The quantitative estimate of drug-likeness (QED) is 0.170. The van der Waals surface area contributed by atoms with E-state index in [0.717, 1.165) is 33.8 Å². The van der Waals surface area contributed by atoms with Gasteiger partial charge in [-0.1, -0.05) is 60.7 Å². The summed E-state index contributed by atoms with van der Waals surface area (Å²) >= 11 is 0. The number of hydrogen-bond donors (Lipinski definition) is 1. The molecule has 0 aliphatic rings. The minimum Gasteiger partial charge on any atom is -0.512 e. The Hall–Kier alpha value is -3.40. The summed E-state index contributed by atoms with van der Waals surface area (Å²) in [6.07, 6.45) is 3.00. The van der Waals surface area contributed by atoms with E-state index in [-0.39, 0.29) is 31.6 Å². The fourth-order valence-electron chi connectivity index (χ4n) is 2.97. The monoisotopic (exact) mass is 600 g/mol. The Morgan fingerprint density at radius 2 is 1.44 bits per heavy atom. The second-order valence-electron chi connectivity index (χ2n) is 6.86. The first-order valence-electron chi connectivity index (χ1n) is 9.87. The van der Waals surface area contributed by atoms with Gasteiger partial charge in [-0.15, -0.1) is 35.9 Å². The van der Waals surface area contributed by atoms with E-state index >= 15 is 0 Å². The fourth-order valence-corrected chi connectivity index (χ4v) is 2.97. The number of carbonyl (C=O) groups is 1. The van der Waals surface area contributed by atoms with Crippen LogP contribution in [0.2, 0.25) is 0 Å². The van der Waals surface area contributed by atoms with Gasteiger partial charge in [0.15, 0.2) is 5.78 Å². The molecule has 4 nitrogen and oxygen atoms in total. The van der Waals surface area contributed by atoms with E-state index in [0.29, 0.717) is 0 Å². The molecule has 32 heavy (non-hydrogen) atoms. The van der Waals surface area contributed by atoms with E-state index in [1.54, 1.807) is 0 Å². The Labute approximate surface area is 202 Å². The second kappa shape index (κ2) is 12.5. The van der Waals surface area contributed by atoms with Crippen molar-refractivity contribution in [3.05, 3.63) is 109 Å². The molecule has 1 N–H and O–H groups in total. The first kappa shape index (κ1) is 24.9. The number of allylic oxidation sites excluding steroid dienone is 2. The van der Waals surface area contributed by atoms with Crippen molar-refractivity contribution in [1.82, 2.24) is 9.97 Å². The standard InChI is InChI=1S/C22H15N2.C5H8O2.Ir/c1-4-10-17(11-5-1)20-16-23-21(18-12-6-2-7-13-18)22(24-20)19-14-8-3-9-15-19;1-4(6)3-5(2)7;/h1-12,14-16H;3,6H,1-2H3;/q-1;;/b;4-3-;. The number of benzene rings is 3. The van der Waals surface area contributed by atoms with Crippen molar-refractivity contribution in [1.29, 1.82) is 0 Å². The van der Waals surface area contributed by atoms with Crippen LogP contribution in [0, 0.1) is 6.07 Å². The number of rotatable bonds is 4. The summed E-state index contributed by atoms with van der Waals surface area (Å²) in [5.41, 5.74) is 5.65. The molecular formula is C27H23IrN2O2-. The summed E-state index contributed by atoms with van der Waals surface area (Å²) in [6, 6.07) is 31.4. The molecule has 4 rings (SSSR count). The smallest absolute Gasteiger partial charge is 0.155 e. The first-order chi connectivity index (χ1) is 15.0. The van der Waals surface area contributed by atoms with Crippen molar-refractivity contribution in [2.24, 2.45) is 0 Å². The van der Waals surface area contributed by atoms with E-state index in [2.05, 4.69) is 18.2 Å². The molecule has 3 aromatic carbocycles. The largest absolute Gasteiger partial charge is 0.512 e. The second-order valence-corrected chi connectivity index (χ2v) is 6.86. The van der Waals surface area contributed by atoms with Gasteiger partial charge in [0, 0.05) is 43.6 Å². The third kappa shape index (κ3) is 7.09. The van der Waals surface area contributed by atoms with Gasteiger partial charge in [0.05, 0.1) is 17.1 Å². The maximum atomic E-state index is 10.0. The number of nitrogens with zero attached hydrogens (tertiary/aromatic N) is 2. The summed E-state index contributed by atoms with van der Waals surface area (Å²) in [6.45, 7) is 2.85. The van der Waals surface area contributed by atoms with Crippen molar-refractivity contribution in [3.8, 4) is 33.8 Å². The third-order valence-corrected chi connectivity index (χ3v) is 4.27. The van der Waals surface area contributed by atoms with Gasteiger partial charge in [-0.25, -0.2) is 0 Å². The van der Waals surface area contributed by atoms with E-state index in [4.69, 9.17) is 15.1 Å². The van der Waals surface area contributed by atoms with E-state index in [1.165, 1.54) is 19.9 Å². The molecular weight excluding hydrogens is 577 g/mol. The molecule has 0 saturated carbocycles.